The highest BCUT2D eigenvalue weighted by Gasteiger charge is 2.22. The molecule has 3 rings (SSSR count). The molecule has 0 saturated heterocycles. The Bertz CT molecular complexity index is 964. The Morgan fingerprint density at radius 2 is 1.78 bits per heavy atom. The number of aromatic nitrogens is 2. The normalized spacial score (nSPS) is 12.6. The number of imidazole rings is 1. The van der Waals surface area contributed by atoms with E-state index < -0.39 is 0 Å². The fraction of sp³-hybridized carbons (Fsp3) is 0.364. The summed E-state index contributed by atoms with van der Waals surface area (Å²) in [6.45, 7) is 8.74. The molecule has 1 amide bonds. The van der Waals surface area contributed by atoms with Crippen molar-refractivity contribution in [1.29, 1.82) is 0 Å². The second kappa shape index (κ2) is 7.53. The Hall–Kier alpha value is -2.66. The molecule has 1 N–H and O–H groups in total. The van der Waals surface area contributed by atoms with Gasteiger partial charge in [0.2, 0.25) is 5.91 Å². The number of carbonyl (C=O) groups is 1. The molecule has 0 saturated carbocycles. The first kappa shape index (κ1) is 19.1. The molecule has 0 radical (unpaired) electrons. The van der Waals surface area contributed by atoms with Crippen molar-refractivity contribution < 1.29 is 4.79 Å². The third kappa shape index (κ3) is 3.88. The molecule has 5 nitrogen and oxygen atoms in total. The standard InChI is InChI=1S/C22H28N4O/c1-14-11-15(2)21(16(3)12-14)24-22(27)17(4)26-19-10-8-7-9-18(19)23-20(26)13-25(5)6/h7-12,17H,13H2,1-6H3,(H,24,27). The van der Waals surface area contributed by atoms with E-state index in [1.54, 1.807) is 0 Å². The van der Waals surface area contributed by atoms with Crippen LogP contribution in [0.2, 0.25) is 0 Å². The molecule has 0 spiro atoms. The molecule has 5 heteroatoms. The van der Waals surface area contributed by atoms with Crippen LogP contribution in [0, 0.1) is 20.8 Å². The molecule has 1 atom stereocenters. The van der Waals surface area contributed by atoms with Crippen molar-refractivity contribution >= 4 is 22.6 Å². The number of nitrogens with zero attached hydrogens (tertiary/aromatic N) is 3. The van der Waals surface area contributed by atoms with Gasteiger partial charge in [0.05, 0.1) is 17.6 Å². The lowest BCUT2D eigenvalue weighted by atomic mass is 10.0. The summed E-state index contributed by atoms with van der Waals surface area (Å²) >= 11 is 0. The highest BCUT2D eigenvalue weighted by Crippen LogP contribution is 2.26. The smallest absolute Gasteiger partial charge is 0.247 e. The Labute approximate surface area is 161 Å². The first-order valence-corrected chi connectivity index (χ1v) is 9.27. The average molecular weight is 364 g/mol. The van der Waals surface area contributed by atoms with E-state index in [4.69, 9.17) is 4.98 Å². The molecule has 0 aliphatic carbocycles. The summed E-state index contributed by atoms with van der Waals surface area (Å²) in [6.07, 6.45) is 0. The summed E-state index contributed by atoms with van der Waals surface area (Å²) in [5.41, 5.74) is 6.15. The number of para-hydroxylation sites is 2. The van der Waals surface area contributed by atoms with Crippen LogP contribution in [-0.2, 0) is 11.3 Å². The van der Waals surface area contributed by atoms with Gasteiger partial charge in [0, 0.05) is 5.69 Å². The number of aryl methyl sites for hydroxylation is 3. The van der Waals surface area contributed by atoms with Gasteiger partial charge in [-0.3, -0.25) is 4.79 Å². The second-order valence-corrected chi connectivity index (χ2v) is 7.56. The molecule has 0 aliphatic heterocycles. The predicted octanol–water partition coefficient (Wildman–Crippen LogP) is 4.22. The average Bonchev–Trinajstić information content (AvgIpc) is 2.94. The van der Waals surface area contributed by atoms with Gasteiger partial charge in [-0.15, -0.1) is 0 Å². The van der Waals surface area contributed by atoms with Crippen molar-refractivity contribution in [2.45, 2.75) is 40.3 Å². The fourth-order valence-corrected chi connectivity index (χ4v) is 3.64. The summed E-state index contributed by atoms with van der Waals surface area (Å²) in [5.74, 6) is 0.856. The van der Waals surface area contributed by atoms with Crippen LogP contribution in [0.25, 0.3) is 11.0 Å². The maximum absolute atomic E-state index is 13.1. The van der Waals surface area contributed by atoms with E-state index in [1.165, 1.54) is 5.56 Å². The fourth-order valence-electron chi connectivity index (χ4n) is 3.64. The molecule has 27 heavy (non-hydrogen) atoms. The molecular formula is C22H28N4O. The number of fused-ring (bicyclic) bond motifs is 1. The molecule has 0 aliphatic rings. The van der Waals surface area contributed by atoms with Gasteiger partial charge in [-0.05, 0) is 65.0 Å². The second-order valence-electron chi connectivity index (χ2n) is 7.56. The van der Waals surface area contributed by atoms with Gasteiger partial charge in [-0.2, -0.15) is 0 Å². The number of amides is 1. The lowest BCUT2D eigenvalue weighted by molar-refractivity contribution is -0.118. The zero-order valence-corrected chi connectivity index (χ0v) is 17.0. The zero-order chi connectivity index (χ0) is 19.7. The Kier molecular flexibility index (Phi) is 5.33. The van der Waals surface area contributed by atoms with Crippen LogP contribution in [0.1, 0.15) is 35.5 Å². The third-order valence-electron chi connectivity index (χ3n) is 4.82. The third-order valence-corrected chi connectivity index (χ3v) is 4.82. The van der Waals surface area contributed by atoms with Crippen LogP contribution in [0.4, 0.5) is 5.69 Å². The van der Waals surface area contributed by atoms with Gasteiger partial charge in [0.1, 0.15) is 11.9 Å². The van der Waals surface area contributed by atoms with E-state index >= 15 is 0 Å². The Balaban J connectivity index is 1.98. The van der Waals surface area contributed by atoms with Crippen LogP contribution < -0.4 is 5.32 Å². The monoisotopic (exact) mass is 364 g/mol. The number of anilines is 1. The largest absolute Gasteiger partial charge is 0.324 e. The van der Waals surface area contributed by atoms with Crippen molar-refractivity contribution in [3.63, 3.8) is 0 Å². The van der Waals surface area contributed by atoms with Gasteiger partial charge in [0.25, 0.3) is 0 Å². The van der Waals surface area contributed by atoms with Gasteiger partial charge >= 0.3 is 0 Å². The Morgan fingerprint density at radius 1 is 1.15 bits per heavy atom. The van der Waals surface area contributed by atoms with Crippen LogP contribution in [0.15, 0.2) is 36.4 Å². The highest BCUT2D eigenvalue weighted by atomic mass is 16.2. The molecule has 1 unspecified atom stereocenters. The van der Waals surface area contributed by atoms with Gasteiger partial charge in [0.15, 0.2) is 0 Å². The summed E-state index contributed by atoms with van der Waals surface area (Å²) in [7, 11) is 4.01. The van der Waals surface area contributed by atoms with Gasteiger partial charge < -0.3 is 14.8 Å². The summed E-state index contributed by atoms with van der Waals surface area (Å²) in [5, 5.41) is 3.14. The highest BCUT2D eigenvalue weighted by molar-refractivity contribution is 5.96. The van der Waals surface area contributed by atoms with E-state index in [0.29, 0.717) is 6.54 Å². The molecule has 3 aromatic rings. The predicted molar refractivity (Wildman–Crippen MR) is 111 cm³/mol. The summed E-state index contributed by atoms with van der Waals surface area (Å²) < 4.78 is 2.05. The molecular weight excluding hydrogens is 336 g/mol. The molecule has 1 heterocycles. The summed E-state index contributed by atoms with van der Waals surface area (Å²) in [4.78, 5) is 19.9. The lowest BCUT2D eigenvalue weighted by Gasteiger charge is -2.20. The Morgan fingerprint density at radius 3 is 2.41 bits per heavy atom. The van der Waals surface area contributed by atoms with Crippen molar-refractivity contribution in [3.8, 4) is 0 Å². The van der Waals surface area contributed by atoms with E-state index in [-0.39, 0.29) is 11.9 Å². The van der Waals surface area contributed by atoms with Crippen LogP contribution in [-0.4, -0.2) is 34.5 Å². The minimum absolute atomic E-state index is 0.0341. The van der Waals surface area contributed by atoms with Gasteiger partial charge in [-0.1, -0.05) is 29.8 Å². The van der Waals surface area contributed by atoms with E-state index in [9.17, 15) is 4.79 Å². The van der Waals surface area contributed by atoms with Crippen LogP contribution >= 0.6 is 0 Å². The van der Waals surface area contributed by atoms with E-state index in [0.717, 1.165) is 33.7 Å². The zero-order valence-electron chi connectivity index (χ0n) is 17.0. The van der Waals surface area contributed by atoms with Crippen molar-refractivity contribution in [3.05, 3.63) is 58.9 Å². The maximum atomic E-state index is 13.1. The van der Waals surface area contributed by atoms with Crippen molar-refractivity contribution in [1.82, 2.24) is 14.5 Å². The summed E-state index contributed by atoms with van der Waals surface area (Å²) in [6, 6.07) is 11.8. The number of hydrogen-bond acceptors (Lipinski definition) is 3. The number of nitrogens with one attached hydrogen (secondary N) is 1. The van der Waals surface area contributed by atoms with Crippen molar-refractivity contribution in [2.75, 3.05) is 19.4 Å². The quantitative estimate of drug-likeness (QED) is 0.737. The van der Waals surface area contributed by atoms with E-state index in [1.807, 2.05) is 63.7 Å². The molecule has 1 aromatic heterocycles. The topological polar surface area (TPSA) is 50.2 Å². The van der Waals surface area contributed by atoms with Gasteiger partial charge in [-0.25, -0.2) is 4.98 Å². The first-order valence-electron chi connectivity index (χ1n) is 9.27. The first-order chi connectivity index (χ1) is 12.8. The number of benzene rings is 2. The molecule has 0 bridgehead atoms. The SMILES string of the molecule is Cc1cc(C)c(NC(=O)C(C)n2c(CN(C)C)nc3ccccc32)c(C)c1. The van der Waals surface area contributed by atoms with Crippen molar-refractivity contribution in [2.24, 2.45) is 0 Å². The van der Waals surface area contributed by atoms with Crippen LogP contribution in [0.5, 0.6) is 0 Å². The van der Waals surface area contributed by atoms with E-state index in [2.05, 4.69) is 29.3 Å². The minimum atomic E-state index is -0.368. The molecule has 0 fully saturated rings. The van der Waals surface area contributed by atoms with Crippen LogP contribution in [0.3, 0.4) is 0 Å². The molecule has 142 valence electrons. The lowest BCUT2D eigenvalue weighted by Crippen LogP contribution is -2.27. The minimum Gasteiger partial charge on any atom is -0.324 e. The number of carbonyl (C=O) groups excluding carboxylic acids is 1. The number of hydrogen-bond donors (Lipinski definition) is 1. The molecule has 2 aromatic carbocycles. The maximum Gasteiger partial charge on any atom is 0.247 e. The number of rotatable bonds is 5.